The average Bonchev–Trinajstić information content (AvgIpc) is 3.08. The van der Waals surface area contributed by atoms with Gasteiger partial charge in [-0.3, -0.25) is 4.79 Å². The molecule has 0 spiro atoms. The zero-order chi connectivity index (χ0) is 23.8. The third-order valence-corrected chi connectivity index (χ3v) is 7.09. The van der Waals surface area contributed by atoms with Gasteiger partial charge in [0.05, 0.1) is 23.2 Å². The van der Waals surface area contributed by atoms with E-state index in [-0.39, 0.29) is 29.9 Å². The molecule has 0 atom stereocenters. The van der Waals surface area contributed by atoms with Gasteiger partial charge in [-0.2, -0.15) is 13.2 Å². The number of aromatic nitrogens is 2. The Hall–Kier alpha value is -2.88. The quantitative estimate of drug-likeness (QED) is 0.519. The van der Waals surface area contributed by atoms with Crippen LogP contribution >= 0.6 is 11.3 Å². The number of aryl methyl sites for hydroxylation is 2. The Morgan fingerprint density at radius 1 is 1.24 bits per heavy atom. The van der Waals surface area contributed by atoms with Gasteiger partial charge in [0.25, 0.3) is 0 Å². The van der Waals surface area contributed by atoms with Gasteiger partial charge < -0.3 is 15.0 Å². The van der Waals surface area contributed by atoms with Crippen molar-refractivity contribution in [2.24, 2.45) is 5.92 Å². The maximum atomic E-state index is 13.2. The molecule has 2 aromatic heterocycles. The van der Waals surface area contributed by atoms with Crippen LogP contribution in [-0.4, -0.2) is 35.6 Å². The Bertz CT molecular complexity index is 1170. The monoisotopic (exact) mass is 478 g/mol. The summed E-state index contributed by atoms with van der Waals surface area (Å²) >= 11 is 1.64. The number of anilines is 2. The number of benzene rings is 1. The number of hydrogen-bond donors (Lipinski definition) is 1. The van der Waals surface area contributed by atoms with Gasteiger partial charge in [-0.15, -0.1) is 11.3 Å². The van der Waals surface area contributed by atoms with E-state index < -0.39 is 11.7 Å². The Morgan fingerprint density at radius 2 is 1.97 bits per heavy atom. The number of alkyl halides is 3. The Labute approximate surface area is 193 Å². The lowest BCUT2D eigenvalue weighted by Crippen LogP contribution is -2.38. The van der Waals surface area contributed by atoms with Crippen LogP contribution in [0.3, 0.4) is 0 Å². The summed E-state index contributed by atoms with van der Waals surface area (Å²) in [6, 6.07) is 3.13. The van der Waals surface area contributed by atoms with Crippen molar-refractivity contribution in [3.63, 3.8) is 0 Å². The van der Waals surface area contributed by atoms with Gasteiger partial charge >= 0.3 is 6.18 Å². The summed E-state index contributed by atoms with van der Waals surface area (Å²) in [6.45, 7) is 7.39. The first-order chi connectivity index (χ1) is 15.7. The van der Waals surface area contributed by atoms with E-state index in [2.05, 4.69) is 34.0 Å². The number of nitrogens with zero attached hydrogens (tertiary/aromatic N) is 3. The molecule has 1 aliphatic rings. The van der Waals surface area contributed by atoms with Gasteiger partial charge in [0.1, 0.15) is 22.7 Å². The SMILES string of the molecule is CCOc1ccc(C(F)(F)F)cc1NC(=O)C1CCN(c2ncnc3sc(C)c(C)c23)CC1. The first kappa shape index (κ1) is 23.3. The predicted octanol–water partition coefficient (Wildman–Crippen LogP) is 5.58. The Balaban J connectivity index is 1.48. The minimum atomic E-state index is -4.50. The summed E-state index contributed by atoms with van der Waals surface area (Å²) in [5.74, 6) is 0.485. The summed E-state index contributed by atoms with van der Waals surface area (Å²) in [7, 11) is 0. The second-order valence-electron chi connectivity index (χ2n) is 8.05. The number of hydrogen-bond acceptors (Lipinski definition) is 6. The Morgan fingerprint density at radius 3 is 2.64 bits per heavy atom. The van der Waals surface area contributed by atoms with Gasteiger partial charge in [0.2, 0.25) is 5.91 Å². The number of halogens is 3. The van der Waals surface area contributed by atoms with E-state index in [1.165, 1.54) is 16.5 Å². The first-order valence-corrected chi connectivity index (χ1v) is 11.6. The van der Waals surface area contributed by atoms with Crippen LogP contribution in [-0.2, 0) is 11.0 Å². The van der Waals surface area contributed by atoms with Crippen LogP contribution in [0.1, 0.15) is 35.8 Å². The molecule has 1 fully saturated rings. The minimum Gasteiger partial charge on any atom is -0.492 e. The summed E-state index contributed by atoms with van der Waals surface area (Å²) < 4.78 is 44.9. The number of carbonyl (C=O) groups is 1. The fraction of sp³-hybridized carbons (Fsp3) is 0.435. The molecule has 1 aliphatic heterocycles. The summed E-state index contributed by atoms with van der Waals surface area (Å²) in [5, 5.41) is 3.72. The van der Waals surface area contributed by atoms with Gasteiger partial charge in [0.15, 0.2) is 0 Å². The van der Waals surface area contributed by atoms with Crippen molar-refractivity contribution >= 4 is 39.0 Å². The standard InChI is InChI=1S/C23H25F3N4O2S/c1-4-32-18-6-5-16(23(24,25)26)11-17(18)29-21(31)15-7-9-30(10-8-15)20-19-13(2)14(3)33-22(19)28-12-27-20/h5-6,11-12,15H,4,7-10H2,1-3H3,(H,29,31). The van der Waals surface area contributed by atoms with Gasteiger partial charge in [0, 0.05) is 23.9 Å². The van der Waals surface area contributed by atoms with Crippen molar-refractivity contribution in [2.75, 3.05) is 29.9 Å². The fourth-order valence-corrected chi connectivity index (χ4v) is 5.07. The highest BCUT2D eigenvalue weighted by Gasteiger charge is 2.32. The molecule has 1 aromatic carbocycles. The number of fused-ring (bicyclic) bond motifs is 1. The third-order valence-electron chi connectivity index (χ3n) is 5.98. The normalized spacial score (nSPS) is 15.2. The molecule has 0 unspecified atom stereocenters. The lowest BCUT2D eigenvalue weighted by molar-refractivity contribution is -0.137. The molecule has 176 valence electrons. The van der Waals surface area contributed by atoms with Crippen molar-refractivity contribution in [1.29, 1.82) is 0 Å². The molecule has 0 bridgehead atoms. The van der Waals surface area contributed by atoms with E-state index >= 15 is 0 Å². The van der Waals surface area contributed by atoms with Crippen LogP contribution in [0.15, 0.2) is 24.5 Å². The van der Waals surface area contributed by atoms with Crippen LogP contribution in [0.2, 0.25) is 0 Å². The molecular weight excluding hydrogens is 453 g/mol. The van der Waals surface area contributed by atoms with E-state index in [9.17, 15) is 18.0 Å². The highest BCUT2D eigenvalue weighted by molar-refractivity contribution is 7.18. The number of carbonyl (C=O) groups excluding carboxylic acids is 1. The number of ether oxygens (including phenoxy) is 1. The van der Waals surface area contributed by atoms with E-state index in [4.69, 9.17) is 4.74 Å². The minimum absolute atomic E-state index is 0.0426. The molecule has 0 radical (unpaired) electrons. The molecule has 3 aromatic rings. The third kappa shape index (κ3) is 4.75. The molecule has 3 heterocycles. The fourth-order valence-electron chi connectivity index (χ4n) is 4.08. The molecule has 1 N–H and O–H groups in total. The van der Waals surface area contributed by atoms with Crippen molar-refractivity contribution in [3.05, 3.63) is 40.5 Å². The number of amides is 1. The number of rotatable bonds is 5. The zero-order valence-corrected chi connectivity index (χ0v) is 19.4. The van der Waals surface area contributed by atoms with Crippen molar-refractivity contribution in [2.45, 2.75) is 39.8 Å². The van der Waals surface area contributed by atoms with Gasteiger partial charge in [-0.1, -0.05) is 0 Å². The molecule has 10 heteroatoms. The molecule has 33 heavy (non-hydrogen) atoms. The highest BCUT2D eigenvalue weighted by atomic mass is 32.1. The van der Waals surface area contributed by atoms with Crippen LogP contribution in [0.4, 0.5) is 24.7 Å². The summed E-state index contributed by atoms with van der Waals surface area (Å²) in [6.07, 6.45) is -1.80. The lowest BCUT2D eigenvalue weighted by Gasteiger charge is -2.32. The van der Waals surface area contributed by atoms with Crippen LogP contribution in [0.5, 0.6) is 5.75 Å². The van der Waals surface area contributed by atoms with E-state index in [1.54, 1.807) is 24.6 Å². The van der Waals surface area contributed by atoms with Gasteiger partial charge in [-0.05, 0) is 57.4 Å². The number of piperidine rings is 1. The zero-order valence-electron chi connectivity index (χ0n) is 18.6. The average molecular weight is 479 g/mol. The lowest BCUT2D eigenvalue weighted by atomic mass is 9.95. The Kier molecular flexibility index (Phi) is 6.47. The summed E-state index contributed by atoms with van der Waals surface area (Å²) in [5.41, 5.74) is 0.379. The number of thiophene rings is 1. The van der Waals surface area contributed by atoms with Crippen LogP contribution in [0, 0.1) is 19.8 Å². The van der Waals surface area contributed by atoms with Gasteiger partial charge in [-0.25, -0.2) is 9.97 Å². The maximum absolute atomic E-state index is 13.2. The van der Waals surface area contributed by atoms with E-state index in [0.717, 1.165) is 28.2 Å². The molecule has 0 saturated carbocycles. The smallest absolute Gasteiger partial charge is 0.416 e. The molecule has 4 rings (SSSR count). The second-order valence-corrected chi connectivity index (χ2v) is 9.26. The van der Waals surface area contributed by atoms with Crippen molar-refractivity contribution < 1.29 is 22.7 Å². The topological polar surface area (TPSA) is 67.3 Å². The predicted molar refractivity (Wildman–Crippen MR) is 123 cm³/mol. The van der Waals surface area contributed by atoms with Crippen LogP contribution in [0.25, 0.3) is 10.2 Å². The molecule has 1 amide bonds. The molecular formula is C23H25F3N4O2S. The summed E-state index contributed by atoms with van der Waals surface area (Å²) in [4.78, 5) is 26.1. The molecule has 6 nitrogen and oxygen atoms in total. The molecule has 1 saturated heterocycles. The van der Waals surface area contributed by atoms with E-state index in [1.807, 2.05) is 0 Å². The second kappa shape index (κ2) is 9.17. The maximum Gasteiger partial charge on any atom is 0.416 e. The number of nitrogens with one attached hydrogen (secondary N) is 1. The van der Waals surface area contributed by atoms with Crippen molar-refractivity contribution in [3.8, 4) is 5.75 Å². The van der Waals surface area contributed by atoms with E-state index in [0.29, 0.717) is 25.9 Å². The highest BCUT2D eigenvalue weighted by Crippen LogP contribution is 2.37. The van der Waals surface area contributed by atoms with Crippen molar-refractivity contribution in [1.82, 2.24) is 9.97 Å². The van der Waals surface area contributed by atoms with Crippen LogP contribution < -0.4 is 15.0 Å². The first-order valence-electron chi connectivity index (χ1n) is 10.8. The molecule has 0 aliphatic carbocycles. The largest absolute Gasteiger partial charge is 0.492 e.